The van der Waals surface area contributed by atoms with Crippen molar-refractivity contribution in [2.45, 2.75) is 30.4 Å². The molecule has 3 aromatic rings. The average molecular weight is 496 g/mol. The van der Waals surface area contributed by atoms with Crippen LogP contribution in [0.5, 0.6) is 11.6 Å². The van der Waals surface area contributed by atoms with Gasteiger partial charge in [-0.15, -0.1) is 0 Å². The van der Waals surface area contributed by atoms with E-state index < -0.39 is 22.3 Å². The minimum absolute atomic E-state index is 0.0643. The number of fused-ring (bicyclic) bond motifs is 2. The summed E-state index contributed by atoms with van der Waals surface area (Å²) in [5.41, 5.74) is 4.33. The third-order valence-corrected chi connectivity index (χ3v) is 7.86. The Morgan fingerprint density at radius 1 is 1.06 bits per heavy atom. The van der Waals surface area contributed by atoms with Crippen LogP contribution in [-0.2, 0) is 27.6 Å². The van der Waals surface area contributed by atoms with Crippen LogP contribution in [0.2, 0.25) is 0 Å². The molecule has 2 N–H and O–H groups in total. The number of carbonyl (C=O) groups excluding carboxylic acids is 2. The van der Waals surface area contributed by atoms with Gasteiger partial charge in [0.15, 0.2) is 12.0 Å². The number of hydroxylamine groups is 1. The van der Waals surface area contributed by atoms with E-state index in [2.05, 4.69) is 4.98 Å². The van der Waals surface area contributed by atoms with Crippen molar-refractivity contribution >= 4 is 21.9 Å². The first-order valence-electron chi connectivity index (χ1n) is 10.9. The first kappa shape index (κ1) is 23.0. The predicted molar refractivity (Wildman–Crippen MR) is 122 cm³/mol. The Labute approximate surface area is 201 Å². The molecule has 1 aliphatic heterocycles. The van der Waals surface area contributed by atoms with Gasteiger partial charge in [-0.1, -0.05) is 24.3 Å². The zero-order valence-corrected chi connectivity index (χ0v) is 19.2. The highest BCUT2D eigenvalue weighted by Crippen LogP contribution is 2.35. The normalized spacial score (nSPS) is 17.4. The molecule has 1 atom stereocenters. The van der Waals surface area contributed by atoms with E-state index in [4.69, 9.17) is 14.7 Å². The lowest BCUT2D eigenvalue weighted by atomic mass is 10.00. The van der Waals surface area contributed by atoms with Crippen molar-refractivity contribution in [3.8, 4) is 11.6 Å². The molecule has 1 unspecified atom stereocenters. The van der Waals surface area contributed by atoms with Crippen LogP contribution in [-0.4, -0.2) is 41.3 Å². The molecule has 0 radical (unpaired) electrons. The molecule has 1 amide bonds. The third kappa shape index (κ3) is 4.36. The van der Waals surface area contributed by atoms with Crippen LogP contribution in [0.15, 0.2) is 65.7 Å². The van der Waals surface area contributed by atoms with E-state index in [1.807, 2.05) is 12.1 Å². The lowest BCUT2D eigenvalue weighted by molar-refractivity contribution is 0.00235. The summed E-state index contributed by atoms with van der Waals surface area (Å²) in [4.78, 5) is 27.6. The fourth-order valence-corrected chi connectivity index (χ4v) is 5.77. The van der Waals surface area contributed by atoms with E-state index in [1.54, 1.807) is 30.3 Å². The van der Waals surface area contributed by atoms with Gasteiger partial charge in [-0.3, -0.25) is 10.0 Å². The second-order valence-corrected chi connectivity index (χ2v) is 10.0. The van der Waals surface area contributed by atoms with Crippen LogP contribution in [0.3, 0.4) is 0 Å². The van der Waals surface area contributed by atoms with Gasteiger partial charge >= 0.3 is 6.09 Å². The summed E-state index contributed by atoms with van der Waals surface area (Å²) in [7, 11) is -4.12. The number of nitrogens with zero attached hydrogens (tertiary/aromatic N) is 2. The molecule has 0 fully saturated rings. The number of ether oxygens (including phenoxy) is 2. The molecule has 2 aromatic carbocycles. The zero-order chi connectivity index (χ0) is 24.6. The van der Waals surface area contributed by atoms with Crippen molar-refractivity contribution in [3.05, 3.63) is 83.0 Å². The maximum absolute atomic E-state index is 13.4. The van der Waals surface area contributed by atoms with Gasteiger partial charge < -0.3 is 9.47 Å². The molecule has 0 saturated carbocycles. The van der Waals surface area contributed by atoms with Gasteiger partial charge in [-0.25, -0.2) is 23.7 Å². The zero-order valence-electron chi connectivity index (χ0n) is 18.4. The summed E-state index contributed by atoms with van der Waals surface area (Å²) >= 11 is 0. The minimum atomic E-state index is -4.12. The lowest BCUT2D eigenvalue weighted by Crippen LogP contribution is -2.43. The molecule has 0 bridgehead atoms. The van der Waals surface area contributed by atoms with E-state index in [-0.39, 0.29) is 23.1 Å². The van der Waals surface area contributed by atoms with Gasteiger partial charge in [0.05, 0.1) is 6.20 Å². The molecule has 10 nitrogen and oxygen atoms in total. The molecule has 5 rings (SSSR count). The molecule has 11 heteroatoms. The van der Waals surface area contributed by atoms with Gasteiger partial charge in [0, 0.05) is 30.2 Å². The Balaban J connectivity index is 1.39. The fourth-order valence-electron chi connectivity index (χ4n) is 4.33. The van der Waals surface area contributed by atoms with Crippen LogP contribution in [0.1, 0.15) is 39.7 Å². The van der Waals surface area contributed by atoms with Gasteiger partial charge in [-0.2, -0.15) is 4.31 Å². The number of rotatable bonds is 5. The van der Waals surface area contributed by atoms with Crippen molar-refractivity contribution in [1.82, 2.24) is 14.8 Å². The summed E-state index contributed by atoms with van der Waals surface area (Å²) in [6.45, 7) is 0.0643. The third-order valence-electron chi connectivity index (χ3n) is 6.03. The maximum atomic E-state index is 13.4. The van der Waals surface area contributed by atoms with E-state index in [9.17, 15) is 18.0 Å². The average Bonchev–Trinajstić information content (AvgIpc) is 3.24. The number of aryl methyl sites for hydroxylation is 1. The van der Waals surface area contributed by atoms with E-state index in [1.165, 1.54) is 23.8 Å². The molecule has 180 valence electrons. The maximum Gasteiger partial charge on any atom is 0.432 e. The molecule has 2 heterocycles. The number of ketones is 1. The van der Waals surface area contributed by atoms with Crippen molar-refractivity contribution in [3.63, 3.8) is 0 Å². The highest BCUT2D eigenvalue weighted by molar-refractivity contribution is 7.89. The minimum Gasteiger partial charge on any atom is -0.439 e. The smallest absolute Gasteiger partial charge is 0.432 e. The second-order valence-electron chi connectivity index (χ2n) is 8.11. The Bertz CT molecular complexity index is 1410. The molecule has 35 heavy (non-hydrogen) atoms. The van der Waals surface area contributed by atoms with Gasteiger partial charge in [0.25, 0.3) is 0 Å². The van der Waals surface area contributed by atoms with Crippen LogP contribution in [0, 0.1) is 0 Å². The highest BCUT2D eigenvalue weighted by Gasteiger charge is 2.39. The topological polar surface area (TPSA) is 135 Å². The number of amides is 1. The van der Waals surface area contributed by atoms with Crippen LogP contribution < -0.4 is 10.2 Å². The Hall–Kier alpha value is -3.80. The van der Waals surface area contributed by atoms with Crippen LogP contribution in [0.4, 0.5) is 4.79 Å². The summed E-state index contributed by atoms with van der Waals surface area (Å²) in [5, 5.41) is 8.90. The monoisotopic (exact) mass is 495 g/mol. The molecule has 2 aliphatic rings. The number of hydrogen-bond acceptors (Lipinski definition) is 8. The number of sulfonamides is 1. The summed E-state index contributed by atoms with van der Waals surface area (Å²) in [6, 6.07) is 15.0. The summed E-state index contributed by atoms with van der Waals surface area (Å²) < 4.78 is 38.9. The number of hydrogen-bond donors (Lipinski definition) is 2. The fraction of sp³-hybridized carbons (Fsp3) is 0.208. The van der Waals surface area contributed by atoms with Crippen LogP contribution >= 0.6 is 0 Å². The van der Waals surface area contributed by atoms with E-state index in [0.717, 1.165) is 15.4 Å². The lowest BCUT2D eigenvalue weighted by Gasteiger charge is -2.35. The SMILES string of the molecule is O=C(NO)OC1c2ccccc2CCN1S(=O)(=O)c1ccc(Oc2ccc3c(c2)CCC3=O)nc1. The van der Waals surface area contributed by atoms with Crippen molar-refractivity contribution in [1.29, 1.82) is 0 Å². The molecule has 0 saturated heterocycles. The second kappa shape index (κ2) is 9.10. The van der Waals surface area contributed by atoms with Gasteiger partial charge in [0.2, 0.25) is 15.9 Å². The molecule has 0 spiro atoms. The van der Waals surface area contributed by atoms with Gasteiger partial charge in [0.1, 0.15) is 10.6 Å². The molecular formula is C24H21N3O7S. The summed E-state index contributed by atoms with van der Waals surface area (Å²) in [5.74, 6) is 0.792. The van der Waals surface area contributed by atoms with Crippen LogP contribution in [0.25, 0.3) is 0 Å². The van der Waals surface area contributed by atoms with Gasteiger partial charge in [-0.05, 0) is 48.2 Å². The van der Waals surface area contributed by atoms with Crippen molar-refractivity contribution < 1.29 is 32.7 Å². The first-order chi connectivity index (χ1) is 16.9. The Kier molecular flexibility index (Phi) is 5.97. The van der Waals surface area contributed by atoms with Crippen molar-refractivity contribution in [2.75, 3.05) is 6.54 Å². The van der Waals surface area contributed by atoms with E-state index in [0.29, 0.717) is 36.1 Å². The highest BCUT2D eigenvalue weighted by atomic mass is 32.2. The number of Topliss-reactive ketones (excluding diaryl/α,β-unsaturated/α-hetero) is 1. The number of benzene rings is 2. The van der Waals surface area contributed by atoms with Crippen molar-refractivity contribution in [2.24, 2.45) is 0 Å². The first-order valence-corrected chi connectivity index (χ1v) is 12.3. The Morgan fingerprint density at radius 2 is 1.89 bits per heavy atom. The number of aromatic nitrogens is 1. The van der Waals surface area contributed by atoms with E-state index >= 15 is 0 Å². The largest absolute Gasteiger partial charge is 0.439 e. The standard InChI is InChI=1S/C24H21N3O7S/c28-21-9-5-16-13-17(6-8-19(16)21)33-22-10-7-18(14-25-22)35(31,32)27-12-11-15-3-1-2-4-20(15)23(27)34-24(29)26-30/h1-4,6-8,10,13-14,23,30H,5,9,11-12H2,(H,26,29). The molecular weight excluding hydrogens is 474 g/mol. The number of carbonyl (C=O) groups is 2. The molecule has 1 aromatic heterocycles. The predicted octanol–water partition coefficient (Wildman–Crippen LogP) is 3.36. The summed E-state index contributed by atoms with van der Waals surface area (Å²) in [6.07, 6.45) is 0.297. The molecule has 1 aliphatic carbocycles. The Morgan fingerprint density at radius 3 is 2.66 bits per heavy atom. The number of nitrogens with one attached hydrogen (secondary N) is 1. The number of pyridine rings is 1. The quantitative estimate of drug-likeness (QED) is 0.406.